The van der Waals surface area contributed by atoms with Crippen LogP contribution in [0.1, 0.15) is 11.1 Å². The van der Waals surface area contributed by atoms with Crippen molar-refractivity contribution in [3.63, 3.8) is 0 Å². The van der Waals surface area contributed by atoms with Crippen molar-refractivity contribution in [2.75, 3.05) is 0 Å². The van der Waals surface area contributed by atoms with Gasteiger partial charge in [-0.25, -0.2) is 4.98 Å². The fourth-order valence-corrected chi connectivity index (χ4v) is 2.13. The first-order valence-corrected chi connectivity index (χ1v) is 5.35. The van der Waals surface area contributed by atoms with Gasteiger partial charge in [-0.2, -0.15) is 0 Å². The maximum absolute atomic E-state index is 5.66. The highest BCUT2D eigenvalue weighted by Crippen LogP contribution is 2.22. The fraction of sp³-hybridized carbons (Fsp3) is 0.154. The number of imidazole rings is 1. The van der Waals surface area contributed by atoms with Gasteiger partial charge in [-0.15, -0.1) is 0 Å². The van der Waals surface area contributed by atoms with Crippen LogP contribution in [-0.2, 0) is 6.54 Å². The molecule has 80 valence electrons. The lowest BCUT2D eigenvalue weighted by Crippen LogP contribution is -1.97. The Bertz CT molecular complexity index is 667. The average molecular weight is 211 g/mol. The predicted octanol–water partition coefficient (Wildman–Crippen LogP) is 2.25. The molecule has 0 bridgehead atoms. The van der Waals surface area contributed by atoms with Crippen LogP contribution in [0.25, 0.3) is 16.6 Å². The summed E-state index contributed by atoms with van der Waals surface area (Å²) in [6.07, 6.45) is 3.81. The van der Waals surface area contributed by atoms with E-state index in [0.717, 1.165) is 11.2 Å². The first kappa shape index (κ1) is 9.36. The zero-order chi connectivity index (χ0) is 11.1. The smallest absolute Gasteiger partial charge is 0.137 e. The van der Waals surface area contributed by atoms with Gasteiger partial charge in [-0.05, 0) is 36.2 Å². The number of aromatic nitrogens is 2. The van der Waals surface area contributed by atoms with Crippen LogP contribution in [0.4, 0.5) is 0 Å². The molecule has 0 aliphatic rings. The van der Waals surface area contributed by atoms with E-state index in [2.05, 4.69) is 40.6 Å². The molecule has 0 radical (unpaired) electrons. The van der Waals surface area contributed by atoms with E-state index in [9.17, 15) is 0 Å². The minimum atomic E-state index is 0.581. The molecule has 2 heterocycles. The van der Waals surface area contributed by atoms with Crippen LogP contribution in [0.2, 0.25) is 0 Å². The molecule has 0 aliphatic carbocycles. The van der Waals surface area contributed by atoms with Crippen molar-refractivity contribution < 1.29 is 0 Å². The van der Waals surface area contributed by atoms with Gasteiger partial charge in [-0.1, -0.05) is 6.07 Å². The molecule has 0 fully saturated rings. The largest absolute Gasteiger partial charge is 0.326 e. The zero-order valence-electron chi connectivity index (χ0n) is 9.14. The number of aryl methyl sites for hydroxylation is 1. The minimum Gasteiger partial charge on any atom is -0.326 e. The average Bonchev–Trinajstić information content (AvgIpc) is 2.77. The summed E-state index contributed by atoms with van der Waals surface area (Å²) < 4.78 is 2.10. The molecule has 0 unspecified atom stereocenters. The molecule has 0 atom stereocenters. The fourth-order valence-electron chi connectivity index (χ4n) is 2.13. The molecule has 16 heavy (non-hydrogen) atoms. The van der Waals surface area contributed by atoms with Gasteiger partial charge >= 0.3 is 0 Å². The molecule has 3 rings (SSSR count). The van der Waals surface area contributed by atoms with Gasteiger partial charge < -0.3 is 5.73 Å². The van der Waals surface area contributed by atoms with Crippen LogP contribution in [0.15, 0.2) is 36.7 Å². The van der Waals surface area contributed by atoms with E-state index in [1.54, 1.807) is 0 Å². The van der Waals surface area contributed by atoms with Crippen LogP contribution in [0.5, 0.6) is 0 Å². The summed E-state index contributed by atoms with van der Waals surface area (Å²) in [5.41, 5.74) is 10.2. The van der Waals surface area contributed by atoms with Crippen LogP contribution in [0, 0.1) is 6.92 Å². The summed E-state index contributed by atoms with van der Waals surface area (Å²) in [6.45, 7) is 2.69. The van der Waals surface area contributed by atoms with Crippen LogP contribution in [0.3, 0.4) is 0 Å². The lowest BCUT2D eigenvalue weighted by atomic mass is 10.1. The Labute approximate surface area is 93.5 Å². The molecule has 0 aliphatic heterocycles. The summed E-state index contributed by atoms with van der Waals surface area (Å²) in [4.78, 5) is 4.31. The molecule has 0 saturated carbocycles. The molecule has 3 heteroatoms. The first-order valence-electron chi connectivity index (χ1n) is 5.35. The number of rotatable bonds is 1. The van der Waals surface area contributed by atoms with E-state index in [4.69, 9.17) is 5.73 Å². The molecule has 2 aromatic heterocycles. The Morgan fingerprint density at radius 3 is 3.00 bits per heavy atom. The second-order valence-electron chi connectivity index (χ2n) is 4.04. The lowest BCUT2D eigenvalue weighted by molar-refractivity contribution is 1.07. The van der Waals surface area contributed by atoms with E-state index < -0.39 is 0 Å². The van der Waals surface area contributed by atoms with Crippen LogP contribution >= 0.6 is 0 Å². The summed E-state index contributed by atoms with van der Waals surface area (Å²) >= 11 is 0. The van der Waals surface area contributed by atoms with Gasteiger partial charge in [0, 0.05) is 24.3 Å². The number of nitrogens with zero attached hydrogens (tertiary/aromatic N) is 2. The van der Waals surface area contributed by atoms with E-state index in [1.165, 1.54) is 16.5 Å². The SMILES string of the molecule is Cc1cc2nccn2c2ccc(CN)cc12. The third kappa shape index (κ3) is 1.22. The molecule has 0 amide bonds. The maximum atomic E-state index is 5.66. The second-order valence-corrected chi connectivity index (χ2v) is 4.04. The zero-order valence-corrected chi connectivity index (χ0v) is 9.14. The normalized spacial score (nSPS) is 11.4. The predicted molar refractivity (Wildman–Crippen MR) is 65.3 cm³/mol. The highest BCUT2D eigenvalue weighted by Gasteiger charge is 2.04. The Balaban J connectivity index is 2.49. The Morgan fingerprint density at radius 1 is 1.31 bits per heavy atom. The molecule has 0 spiro atoms. The molecular formula is C13H13N3. The number of hydrogen-bond donors (Lipinski definition) is 1. The third-order valence-electron chi connectivity index (χ3n) is 3.00. The second kappa shape index (κ2) is 3.32. The van der Waals surface area contributed by atoms with Gasteiger partial charge in [-0.3, -0.25) is 4.40 Å². The number of benzene rings is 1. The quantitative estimate of drug-likeness (QED) is 0.671. The van der Waals surface area contributed by atoms with Crippen molar-refractivity contribution in [3.05, 3.63) is 47.8 Å². The third-order valence-corrected chi connectivity index (χ3v) is 3.00. The topological polar surface area (TPSA) is 43.3 Å². The Kier molecular flexibility index (Phi) is 1.94. The van der Waals surface area contributed by atoms with Gasteiger partial charge in [0.1, 0.15) is 5.65 Å². The summed E-state index contributed by atoms with van der Waals surface area (Å²) in [6, 6.07) is 8.44. The van der Waals surface area contributed by atoms with Gasteiger partial charge in [0.25, 0.3) is 0 Å². The Morgan fingerprint density at radius 2 is 2.19 bits per heavy atom. The monoisotopic (exact) mass is 211 g/mol. The van der Waals surface area contributed by atoms with Crippen LogP contribution in [-0.4, -0.2) is 9.38 Å². The molecule has 3 aromatic rings. The number of fused-ring (bicyclic) bond motifs is 3. The highest BCUT2D eigenvalue weighted by molar-refractivity contribution is 5.86. The van der Waals surface area contributed by atoms with Crippen molar-refractivity contribution in [1.82, 2.24) is 9.38 Å². The van der Waals surface area contributed by atoms with Gasteiger partial charge in [0.05, 0.1) is 5.52 Å². The number of pyridine rings is 1. The van der Waals surface area contributed by atoms with E-state index in [1.807, 2.05) is 12.4 Å². The number of nitrogens with two attached hydrogens (primary N) is 1. The first-order chi connectivity index (χ1) is 7.79. The van der Waals surface area contributed by atoms with E-state index in [0.29, 0.717) is 6.54 Å². The summed E-state index contributed by atoms with van der Waals surface area (Å²) in [5, 5.41) is 1.24. The van der Waals surface area contributed by atoms with Gasteiger partial charge in [0.2, 0.25) is 0 Å². The Hall–Kier alpha value is -1.87. The molecular weight excluding hydrogens is 198 g/mol. The molecule has 3 nitrogen and oxygen atoms in total. The van der Waals surface area contributed by atoms with E-state index in [-0.39, 0.29) is 0 Å². The van der Waals surface area contributed by atoms with Crippen molar-refractivity contribution in [1.29, 1.82) is 0 Å². The van der Waals surface area contributed by atoms with Crippen molar-refractivity contribution in [2.24, 2.45) is 5.73 Å². The lowest BCUT2D eigenvalue weighted by Gasteiger charge is -2.07. The maximum Gasteiger partial charge on any atom is 0.137 e. The van der Waals surface area contributed by atoms with Crippen LogP contribution < -0.4 is 5.73 Å². The van der Waals surface area contributed by atoms with Gasteiger partial charge in [0.15, 0.2) is 0 Å². The molecule has 0 saturated heterocycles. The van der Waals surface area contributed by atoms with Crippen molar-refractivity contribution in [2.45, 2.75) is 13.5 Å². The van der Waals surface area contributed by atoms with E-state index >= 15 is 0 Å². The molecule has 1 aromatic carbocycles. The molecule has 2 N–H and O–H groups in total. The standard InChI is InChI=1S/C13H13N3/c1-9-6-13-15-4-5-16(13)12-3-2-10(8-14)7-11(9)12/h2-7H,8,14H2,1H3. The summed E-state index contributed by atoms with van der Waals surface area (Å²) in [7, 11) is 0. The summed E-state index contributed by atoms with van der Waals surface area (Å²) in [5.74, 6) is 0. The van der Waals surface area contributed by atoms with Crippen molar-refractivity contribution >= 4 is 16.6 Å². The minimum absolute atomic E-state index is 0.581. The highest BCUT2D eigenvalue weighted by atomic mass is 15.0. The van der Waals surface area contributed by atoms with Crippen molar-refractivity contribution in [3.8, 4) is 0 Å². The number of hydrogen-bond acceptors (Lipinski definition) is 2.